The predicted molar refractivity (Wildman–Crippen MR) is 103 cm³/mol. The third-order valence-corrected chi connectivity index (χ3v) is 4.67. The average Bonchev–Trinajstić information content (AvgIpc) is 3.39. The highest BCUT2D eigenvalue weighted by Crippen LogP contribution is 2.30. The number of anilines is 1. The molecule has 0 aromatic carbocycles. The summed E-state index contributed by atoms with van der Waals surface area (Å²) in [6, 6.07) is 1.65. The largest absolute Gasteiger partial charge is 0.472 e. The second kappa shape index (κ2) is 8.83. The summed E-state index contributed by atoms with van der Waals surface area (Å²) in [7, 11) is 5.28. The van der Waals surface area contributed by atoms with Crippen molar-refractivity contribution in [1.29, 1.82) is 0 Å². The number of nitrogens with one attached hydrogen (secondary N) is 1. The highest BCUT2D eigenvalue weighted by molar-refractivity contribution is 5.96. The zero-order chi connectivity index (χ0) is 20.1. The van der Waals surface area contributed by atoms with Crippen LogP contribution in [0.25, 0.3) is 0 Å². The highest BCUT2D eigenvalue weighted by Gasteiger charge is 2.32. The molecule has 1 unspecified atom stereocenters. The summed E-state index contributed by atoms with van der Waals surface area (Å²) in [6.07, 6.45) is 5.21. The van der Waals surface area contributed by atoms with E-state index >= 15 is 0 Å². The minimum atomic E-state index is -0.239. The van der Waals surface area contributed by atoms with Crippen LogP contribution in [-0.4, -0.2) is 74.1 Å². The van der Waals surface area contributed by atoms with E-state index in [1.807, 2.05) is 14.1 Å². The third-order valence-electron chi connectivity index (χ3n) is 4.67. The molecule has 1 atom stereocenters. The molecule has 1 aliphatic rings. The number of hydrogen-bond acceptors (Lipinski definition) is 7. The molecular formula is C19H25N5O4. The van der Waals surface area contributed by atoms with E-state index in [1.165, 1.54) is 12.5 Å². The molecule has 0 spiro atoms. The topological polar surface area (TPSA) is 101 Å². The molecule has 1 saturated heterocycles. The van der Waals surface area contributed by atoms with E-state index in [0.717, 1.165) is 6.42 Å². The quantitative estimate of drug-likeness (QED) is 0.711. The lowest BCUT2D eigenvalue weighted by Crippen LogP contribution is -2.30. The van der Waals surface area contributed by atoms with Gasteiger partial charge in [-0.2, -0.15) is 0 Å². The van der Waals surface area contributed by atoms with Gasteiger partial charge in [0.1, 0.15) is 6.26 Å². The normalized spacial score (nSPS) is 16.2. The summed E-state index contributed by atoms with van der Waals surface area (Å²) < 4.78 is 9.99. The van der Waals surface area contributed by atoms with E-state index in [1.54, 1.807) is 29.2 Å². The van der Waals surface area contributed by atoms with Crippen LogP contribution in [-0.2, 0) is 4.74 Å². The monoisotopic (exact) mass is 387 g/mol. The summed E-state index contributed by atoms with van der Waals surface area (Å²) in [4.78, 5) is 37.7. The fourth-order valence-corrected chi connectivity index (χ4v) is 3.19. The number of hydrogen-bond donors (Lipinski definition) is 1. The van der Waals surface area contributed by atoms with Crippen LogP contribution in [0.3, 0.4) is 0 Å². The molecule has 0 aliphatic carbocycles. The smallest absolute Gasteiger partial charge is 0.257 e. The number of rotatable bonds is 7. The van der Waals surface area contributed by atoms with Gasteiger partial charge in [0, 0.05) is 53.0 Å². The van der Waals surface area contributed by atoms with E-state index in [9.17, 15) is 9.59 Å². The Balaban J connectivity index is 1.81. The lowest BCUT2D eigenvalue weighted by Gasteiger charge is -2.19. The van der Waals surface area contributed by atoms with E-state index in [2.05, 4.69) is 15.3 Å². The average molecular weight is 387 g/mol. The Labute approximate surface area is 163 Å². The van der Waals surface area contributed by atoms with Gasteiger partial charge in [0.15, 0.2) is 0 Å². The zero-order valence-electron chi connectivity index (χ0n) is 16.3. The summed E-state index contributed by atoms with van der Waals surface area (Å²) in [5.74, 6) is 0.171. The number of amides is 2. The molecule has 150 valence electrons. The zero-order valence-corrected chi connectivity index (χ0v) is 16.3. The van der Waals surface area contributed by atoms with Crippen molar-refractivity contribution >= 4 is 17.8 Å². The van der Waals surface area contributed by atoms with Gasteiger partial charge in [-0.3, -0.25) is 9.59 Å². The molecule has 9 heteroatoms. The fourth-order valence-electron chi connectivity index (χ4n) is 3.19. The van der Waals surface area contributed by atoms with Crippen LogP contribution < -0.4 is 10.2 Å². The molecule has 2 aromatic rings. The molecule has 2 aromatic heterocycles. The number of carbonyl (C=O) groups excluding carboxylic acids is 2. The Morgan fingerprint density at radius 1 is 1.43 bits per heavy atom. The lowest BCUT2D eigenvalue weighted by molar-refractivity contribution is 0.0790. The number of likely N-dealkylation sites (tertiary alicyclic amines) is 1. The van der Waals surface area contributed by atoms with Gasteiger partial charge in [0.25, 0.3) is 11.8 Å². The molecule has 0 bridgehead atoms. The fraction of sp³-hybridized carbons (Fsp3) is 0.474. The van der Waals surface area contributed by atoms with Crippen molar-refractivity contribution in [2.24, 2.45) is 0 Å². The molecule has 2 amide bonds. The van der Waals surface area contributed by atoms with Gasteiger partial charge in [0.2, 0.25) is 5.95 Å². The van der Waals surface area contributed by atoms with Crippen molar-refractivity contribution in [3.63, 3.8) is 0 Å². The Hall–Kier alpha value is -2.94. The first kappa shape index (κ1) is 19.8. The molecule has 1 N–H and O–H groups in total. The van der Waals surface area contributed by atoms with Crippen LogP contribution in [0.5, 0.6) is 0 Å². The van der Waals surface area contributed by atoms with Crippen LogP contribution in [0.4, 0.5) is 5.95 Å². The Kier molecular flexibility index (Phi) is 6.25. The molecule has 3 heterocycles. The number of nitrogens with zero attached hydrogens (tertiary/aromatic N) is 4. The standard InChI is InChI=1S/C19H25N5O4/c1-23(2)19-21-10-15(17(25)20-6-9-27-3)16(22-19)13-4-7-24(11-13)18(26)14-5-8-28-12-14/h5,8,10,12-13H,4,6-7,9,11H2,1-3H3,(H,20,25). The molecular weight excluding hydrogens is 362 g/mol. The summed E-state index contributed by atoms with van der Waals surface area (Å²) >= 11 is 0. The van der Waals surface area contributed by atoms with Gasteiger partial charge in [-0.05, 0) is 12.5 Å². The maximum atomic E-state index is 12.6. The van der Waals surface area contributed by atoms with Crippen molar-refractivity contribution in [3.05, 3.63) is 41.6 Å². The first-order chi connectivity index (χ1) is 13.5. The van der Waals surface area contributed by atoms with Gasteiger partial charge in [-0.1, -0.05) is 0 Å². The van der Waals surface area contributed by atoms with Gasteiger partial charge < -0.3 is 24.3 Å². The molecule has 0 radical (unpaired) electrons. The Bertz CT molecular complexity index is 822. The highest BCUT2D eigenvalue weighted by atomic mass is 16.5. The van der Waals surface area contributed by atoms with Crippen LogP contribution in [0.15, 0.2) is 29.2 Å². The van der Waals surface area contributed by atoms with Crippen molar-refractivity contribution < 1.29 is 18.7 Å². The lowest BCUT2D eigenvalue weighted by atomic mass is 9.99. The summed E-state index contributed by atoms with van der Waals surface area (Å²) in [6.45, 7) is 1.92. The minimum absolute atomic E-state index is 0.0410. The number of methoxy groups -OCH3 is 1. The van der Waals surface area contributed by atoms with Gasteiger partial charge in [-0.15, -0.1) is 0 Å². The maximum Gasteiger partial charge on any atom is 0.257 e. The molecule has 28 heavy (non-hydrogen) atoms. The van der Waals surface area contributed by atoms with Crippen LogP contribution >= 0.6 is 0 Å². The van der Waals surface area contributed by atoms with E-state index in [4.69, 9.17) is 9.15 Å². The van der Waals surface area contributed by atoms with Crippen LogP contribution in [0.1, 0.15) is 38.7 Å². The van der Waals surface area contributed by atoms with E-state index in [-0.39, 0.29) is 17.7 Å². The van der Waals surface area contributed by atoms with E-state index in [0.29, 0.717) is 49.0 Å². The van der Waals surface area contributed by atoms with Crippen molar-refractivity contribution in [2.75, 3.05) is 52.3 Å². The van der Waals surface area contributed by atoms with Gasteiger partial charge in [0.05, 0.1) is 29.7 Å². The van der Waals surface area contributed by atoms with Crippen LogP contribution in [0.2, 0.25) is 0 Å². The summed E-state index contributed by atoms with van der Waals surface area (Å²) in [5.41, 5.74) is 1.62. The Morgan fingerprint density at radius 2 is 2.25 bits per heavy atom. The molecule has 0 saturated carbocycles. The van der Waals surface area contributed by atoms with Gasteiger partial charge >= 0.3 is 0 Å². The van der Waals surface area contributed by atoms with Crippen LogP contribution in [0, 0.1) is 0 Å². The number of furan rings is 1. The van der Waals surface area contributed by atoms with Gasteiger partial charge in [-0.25, -0.2) is 9.97 Å². The van der Waals surface area contributed by atoms with Crippen molar-refractivity contribution in [1.82, 2.24) is 20.2 Å². The second-order valence-electron chi connectivity index (χ2n) is 6.86. The number of aromatic nitrogens is 2. The SMILES string of the molecule is COCCNC(=O)c1cnc(N(C)C)nc1C1CCN(C(=O)c2ccoc2)C1. The first-order valence-corrected chi connectivity index (χ1v) is 9.14. The minimum Gasteiger partial charge on any atom is -0.472 e. The number of ether oxygens (including phenoxy) is 1. The first-order valence-electron chi connectivity index (χ1n) is 9.14. The molecule has 3 rings (SSSR count). The maximum absolute atomic E-state index is 12.6. The predicted octanol–water partition coefficient (Wildman–Crippen LogP) is 1.14. The third kappa shape index (κ3) is 4.30. The molecule has 1 fully saturated rings. The number of carbonyl (C=O) groups is 2. The van der Waals surface area contributed by atoms with E-state index < -0.39 is 0 Å². The van der Waals surface area contributed by atoms with Crippen molar-refractivity contribution in [3.8, 4) is 0 Å². The molecule has 1 aliphatic heterocycles. The second-order valence-corrected chi connectivity index (χ2v) is 6.86. The Morgan fingerprint density at radius 3 is 2.93 bits per heavy atom. The van der Waals surface area contributed by atoms with Crippen molar-refractivity contribution in [2.45, 2.75) is 12.3 Å². The molecule has 9 nitrogen and oxygen atoms in total. The summed E-state index contributed by atoms with van der Waals surface area (Å²) in [5, 5.41) is 2.82.